The zero-order valence-electron chi connectivity index (χ0n) is 18.2. The van der Waals surface area contributed by atoms with E-state index in [1.54, 1.807) is 30.0 Å². The summed E-state index contributed by atoms with van der Waals surface area (Å²) in [6, 6.07) is 13.5. The monoisotopic (exact) mass is 450 g/mol. The minimum Gasteiger partial charge on any atom is -0.324 e. The fourth-order valence-corrected chi connectivity index (χ4v) is 4.07. The molecule has 0 bridgehead atoms. The highest BCUT2D eigenvalue weighted by molar-refractivity contribution is 7.85. The molecule has 1 aromatic carbocycles. The number of rotatable bonds is 8. The number of hydrogen-bond acceptors (Lipinski definition) is 6. The highest BCUT2D eigenvalue weighted by atomic mass is 32.2. The van der Waals surface area contributed by atoms with E-state index in [4.69, 9.17) is 0 Å². The van der Waals surface area contributed by atoms with Gasteiger partial charge >= 0.3 is 0 Å². The van der Waals surface area contributed by atoms with Crippen LogP contribution in [0, 0.1) is 0 Å². The number of carbonyl (C=O) groups is 1. The maximum absolute atomic E-state index is 11.9. The van der Waals surface area contributed by atoms with Crippen molar-refractivity contribution in [3.63, 3.8) is 0 Å². The molecule has 166 valence electrons. The number of aromatic nitrogens is 3. The van der Waals surface area contributed by atoms with E-state index >= 15 is 0 Å². The van der Waals surface area contributed by atoms with Gasteiger partial charge in [-0.2, -0.15) is 0 Å². The van der Waals surface area contributed by atoms with E-state index < -0.39 is 11.0 Å². The van der Waals surface area contributed by atoms with Crippen LogP contribution in [0.2, 0.25) is 0 Å². The Bertz CT molecular complexity index is 1120. The molecule has 9 heteroatoms. The lowest BCUT2D eigenvalue weighted by molar-refractivity contribution is -0.117. The minimum atomic E-state index is -1.14. The van der Waals surface area contributed by atoms with Crippen molar-refractivity contribution in [2.45, 2.75) is 25.7 Å². The quantitative estimate of drug-likeness (QED) is 0.566. The summed E-state index contributed by atoms with van der Waals surface area (Å²) < 4.78 is 13.5. The molecule has 4 rings (SSSR count). The third kappa shape index (κ3) is 5.11. The molecular formula is C23H26N6O2S. The van der Waals surface area contributed by atoms with Crippen molar-refractivity contribution in [2.24, 2.45) is 0 Å². The van der Waals surface area contributed by atoms with Crippen molar-refractivity contribution in [2.75, 3.05) is 34.4 Å². The van der Waals surface area contributed by atoms with Crippen molar-refractivity contribution in [1.29, 1.82) is 0 Å². The molecule has 3 heterocycles. The average Bonchev–Trinajstić information content (AvgIpc) is 3.24. The topological polar surface area (TPSA) is 91.3 Å². The van der Waals surface area contributed by atoms with Crippen LogP contribution in [0.3, 0.4) is 0 Å². The maximum atomic E-state index is 11.9. The molecular weight excluding hydrogens is 424 g/mol. The Morgan fingerprint density at radius 2 is 1.91 bits per heavy atom. The molecule has 1 amide bonds. The van der Waals surface area contributed by atoms with Gasteiger partial charge in [0.15, 0.2) is 0 Å². The van der Waals surface area contributed by atoms with Gasteiger partial charge in [-0.15, -0.1) is 0 Å². The molecule has 0 aliphatic carbocycles. The molecule has 0 spiro atoms. The van der Waals surface area contributed by atoms with Gasteiger partial charge in [0.05, 0.1) is 0 Å². The largest absolute Gasteiger partial charge is 0.324 e. The summed E-state index contributed by atoms with van der Waals surface area (Å²) in [6.45, 7) is 0.777. The molecule has 1 aliphatic heterocycles. The summed E-state index contributed by atoms with van der Waals surface area (Å²) in [5.74, 6) is 1.41. The van der Waals surface area contributed by atoms with Crippen molar-refractivity contribution < 1.29 is 9.00 Å². The molecule has 1 saturated heterocycles. The molecule has 1 N–H and O–H groups in total. The number of aryl methyl sites for hydroxylation is 2. The van der Waals surface area contributed by atoms with Crippen LogP contribution in [0.4, 0.5) is 23.1 Å². The number of hydrogen-bond donors (Lipinski definition) is 1. The van der Waals surface area contributed by atoms with E-state index in [0.717, 1.165) is 47.8 Å². The molecule has 0 saturated carbocycles. The fourth-order valence-electron chi connectivity index (χ4n) is 3.66. The fraction of sp³-hybridized carbons (Fsp3) is 0.304. The van der Waals surface area contributed by atoms with Crippen LogP contribution in [0.1, 0.15) is 24.1 Å². The van der Waals surface area contributed by atoms with Gasteiger partial charge in [0.2, 0.25) is 11.9 Å². The van der Waals surface area contributed by atoms with Gasteiger partial charge in [-0.1, -0.05) is 6.07 Å². The number of nitrogens with zero attached hydrogens (tertiary/aromatic N) is 5. The number of pyridine rings is 1. The van der Waals surface area contributed by atoms with Gasteiger partial charge in [0, 0.05) is 55.7 Å². The summed E-state index contributed by atoms with van der Waals surface area (Å²) in [5.41, 5.74) is 3.69. The molecule has 1 atom stereocenters. The number of carbonyl (C=O) groups excluding carboxylic acids is 1. The Labute approximate surface area is 190 Å². The Hall–Kier alpha value is -3.33. The van der Waals surface area contributed by atoms with E-state index in [-0.39, 0.29) is 5.91 Å². The zero-order chi connectivity index (χ0) is 22.5. The van der Waals surface area contributed by atoms with Crippen LogP contribution in [0.25, 0.3) is 0 Å². The maximum Gasteiger partial charge on any atom is 0.227 e. The first-order valence-corrected chi connectivity index (χ1v) is 12.0. The summed E-state index contributed by atoms with van der Waals surface area (Å²) in [6.07, 6.45) is 8.03. The molecule has 1 unspecified atom stereocenters. The Morgan fingerprint density at radius 3 is 2.62 bits per heavy atom. The number of nitrogens with one attached hydrogen (secondary N) is 1. The smallest absolute Gasteiger partial charge is 0.227 e. The van der Waals surface area contributed by atoms with E-state index in [2.05, 4.69) is 20.3 Å². The lowest BCUT2D eigenvalue weighted by Gasteiger charge is -2.17. The summed E-state index contributed by atoms with van der Waals surface area (Å²) in [5, 5.41) is 3.23. The standard InChI is InChI=1S/C23H26N6O2S/c1-28(32(2)31)22-17(5-3-14-24-22)7-8-19-13-15-25-23(27-19)26-18-9-11-20(12-10-18)29-16-4-6-21(29)30/h3,5,9-15H,4,6-8,16H2,1-2H3,(H,25,26,27). The zero-order valence-corrected chi connectivity index (χ0v) is 19.0. The molecule has 1 aliphatic rings. The number of amides is 1. The third-order valence-electron chi connectivity index (χ3n) is 5.42. The van der Waals surface area contributed by atoms with Crippen molar-refractivity contribution >= 4 is 40.0 Å². The second kappa shape index (κ2) is 9.86. The minimum absolute atomic E-state index is 0.176. The normalized spacial score (nSPS) is 14.4. The highest BCUT2D eigenvalue weighted by Crippen LogP contribution is 2.24. The van der Waals surface area contributed by atoms with E-state index in [0.29, 0.717) is 18.8 Å². The summed E-state index contributed by atoms with van der Waals surface area (Å²) in [7, 11) is 0.640. The molecule has 8 nitrogen and oxygen atoms in total. The predicted molar refractivity (Wildman–Crippen MR) is 127 cm³/mol. The second-order valence-electron chi connectivity index (χ2n) is 7.60. The first-order valence-electron chi connectivity index (χ1n) is 10.5. The van der Waals surface area contributed by atoms with E-state index in [9.17, 15) is 9.00 Å². The molecule has 2 aromatic heterocycles. The lowest BCUT2D eigenvalue weighted by Crippen LogP contribution is -2.23. The average molecular weight is 451 g/mol. The SMILES string of the molecule is CN(c1ncccc1CCc1ccnc(Nc2ccc(N3CCCC3=O)cc2)n1)S(C)=O. The Balaban J connectivity index is 1.41. The molecule has 32 heavy (non-hydrogen) atoms. The van der Waals surface area contributed by atoms with Gasteiger partial charge in [-0.3, -0.25) is 9.10 Å². The highest BCUT2D eigenvalue weighted by Gasteiger charge is 2.21. The first-order chi connectivity index (χ1) is 15.5. The number of anilines is 4. The first kappa shape index (κ1) is 21.9. The van der Waals surface area contributed by atoms with E-state index in [1.807, 2.05) is 47.4 Å². The van der Waals surface area contributed by atoms with Gasteiger partial charge in [0.1, 0.15) is 16.8 Å². The third-order valence-corrected chi connectivity index (χ3v) is 6.37. The van der Waals surface area contributed by atoms with Crippen molar-refractivity contribution in [3.8, 4) is 0 Å². The number of benzene rings is 1. The molecule has 0 radical (unpaired) electrons. The van der Waals surface area contributed by atoms with Crippen LogP contribution >= 0.6 is 0 Å². The Morgan fingerprint density at radius 1 is 1.09 bits per heavy atom. The van der Waals surface area contributed by atoms with Crippen LogP contribution in [-0.4, -0.2) is 44.9 Å². The van der Waals surface area contributed by atoms with Crippen LogP contribution < -0.4 is 14.5 Å². The van der Waals surface area contributed by atoms with Gasteiger partial charge in [0.25, 0.3) is 0 Å². The summed E-state index contributed by atoms with van der Waals surface area (Å²) in [4.78, 5) is 27.1. The molecule has 1 fully saturated rings. The predicted octanol–water partition coefficient (Wildman–Crippen LogP) is 3.26. The van der Waals surface area contributed by atoms with Crippen molar-refractivity contribution in [1.82, 2.24) is 15.0 Å². The van der Waals surface area contributed by atoms with Crippen LogP contribution in [-0.2, 0) is 28.6 Å². The summed E-state index contributed by atoms with van der Waals surface area (Å²) >= 11 is 0. The molecule has 3 aromatic rings. The second-order valence-corrected chi connectivity index (χ2v) is 9.00. The van der Waals surface area contributed by atoms with Gasteiger partial charge in [-0.05, 0) is 61.2 Å². The van der Waals surface area contributed by atoms with E-state index in [1.165, 1.54) is 0 Å². The van der Waals surface area contributed by atoms with Crippen molar-refractivity contribution in [3.05, 3.63) is 66.1 Å². The van der Waals surface area contributed by atoms with Crippen LogP contribution in [0.5, 0.6) is 0 Å². The van der Waals surface area contributed by atoms with Gasteiger partial charge < -0.3 is 10.2 Å². The van der Waals surface area contributed by atoms with Crippen LogP contribution in [0.15, 0.2) is 54.9 Å². The Kier molecular flexibility index (Phi) is 6.75. The van der Waals surface area contributed by atoms with Gasteiger partial charge in [-0.25, -0.2) is 19.2 Å². The lowest BCUT2D eigenvalue weighted by atomic mass is 10.1.